The van der Waals surface area contributed by atoms with Gasteiger partial charge in [0.25, 0.3) is 0 Å². The van der Waals surface area contributed by atoms with Gasteiger partial charge in [-0.15, -0.1) is 0 Å². The van der Waals surface area contributed by atoms with Gasteiger partial charge in [-0.05, 0) is 42.7 Å². The first-order chi connectivity index (χ1) is 8.78. The molecule has 0 spiro atoms. The summed E-state index contributed by atoms with van der Waals surface area (Å²) in [6, 6.07) is 14.7. The molecule has 0 bridgehead atoms. The fraction of sp³-hybridized carbons (Fsp3) is 0.267. The van der Waals surface area contributed by atoms with Crippen molar-refractivity contribution in [3.05, 3.63) is 64.4 Å². The molecule has 3 heteroatoms. The number of benzene rings is 1. The van der Waals surface area contributed by atoms with Crippen molar-refractivity contribution in [2.75, 3.05) is 0 Å². The third-order valence-electron chi connectivity index (χ3n) is 3.48. The van der Waals surface area contributed by atoms with Crippen molar-refractivity contribution in [3.8, 4) is 0 Å². The zero-order valence-corrected chi connectivity index (χ0v) is 11.7. The highest BCUT2D eigenvalue weighted by molar-refractivity contribution is 9.10. The number of nitrogens with zero attached hydrogens (tertiary/aromatic N) is 1. The Morgan fingerprint density at radius 1 is 1.11 bits per heavy atom. The Balaban J connectivity index is 1.70. The lowest BCUT2D eigenvalue weighted by atomic mass is 10.1. The molecule has 1 saturated carbocycles. The van der Waals surface area contributed by atoms with Crippen LogP contribution in [0.3, 0.4) is 0 Å². The number of aromatic nitrogens is 1. The van der Waals surface area contributed by atoms with Gasteiger partial charge < -0.3 is 5.32 Å². The fourth-order valence-electron chi connectivity index (χ4n) is 2.22. The molecule has 1 aliphatic carbocycles. The van der Waals surface area contributed by atoms with Crippen LogP contribution in [0.15, 0.2) is 53.1 Å². The number of hydrogen-bond donors (Lipinski definition) is 1. The van der Waals surface area contributed by atoms with Crippen LogP contribution in [0.2, 0.25) is 0 Å². The van der Waals surface area contributed by atoms with Crippen molar-refractivity contribution in [1.82, 2.24) is 10.3 Å². The number of nitrogens with one attached hydrogen (secondary N) is 1. The molecule has 1 aliphatic rings. The van der Waals surface area contributed by atoms with E-state index in [2.05, 4.69) is 56.6 Å². The van der Waals surface area contributed by atoms with Crippen LogP contribution in [0.25, 0.3) is 0 Å². The minimum Gasteiger partial charge on any atom is -0.302 e. The molecule has 92 valence electrons. The summed E-state index contributed by atoms with van der Waals surface area (Å²) in [5.41, 5.74) is 2.65. The van der Waals surface area contributed by atoms with Crippen LogP contribution >= 0.6 is 15.9 Å². The van der Waals surface area contributed by atoms with E-state index in [9.17, 15) is 0 Å². The molecule has 0 radical (unpaired) electrons. The smallest absolute Gasteiger partial charge is 0.0541 e. The van der Waals surface area contributed by atoms with Gasteiger partial charge in [-0.25, -0.2) is 0 Å². The van der Waals surface area contributed by atoms with Crippen LogP contribution in [-0.4, -0.2) is 4.98 Å². The number of halogens is 1. The van der Waals surface area contributed by atoms with Gasteiger partial charge >= 0.3 is 0 Å². The van der Waals surface area contributed by atoms with E-state index in [0.717, 1.165) is 16.7 Å². The van der Waals surface area contributed by atoms with Gasteiger partial charge in [-0.2, -0.15) is 0 Å². The van der Waals surface area contributed by atoms with Crippen LogP contribution in [0.5, 0.6) is 0 Å². The minimum absolute atomic E-state index is 0.179. The van der Waals surface area contributed by atoms with Crippen molar-refractivity contribution in [3.63, 3.8) is 0 Å². The van der Waals surface area contributed by atoms with E-state index in [1.54, 1.807) is 0 Å². The maximum atomic E-state index is 4.35. The zero-order valence-electron chi connectivity index (χ0n) is 10.1. The molecular weight excluding hydrogens is 288 g/mol. The maximum Gasteiger partial charge on any atom is 0.0541 e. The van der Waals surface area contributed by atoms with E-state index in [4.69, 9.17) is 0 Å². The molecule has 3 rings (SSSR count). The van der Waals surface area contributed by atoms with Crippen LogP contribution in [-0.2, 0) is 12.1 Å². The number of rotatable bonds is 4. The summed E-state index contributed by atoms with van der Waals surface area (Å²) in [6.45, 7) is 0.830. The van der Waals surface area contributed by atoms with Gasteiger partial charge in [0.2, 0.25) is 0 Å². The molecule has 0 atom stereocenters. The first-order valence-corrected chi connectivity index (χ1v) is 6.99. The predicted molar refractivity (Wildman–Crippen MR) is 76.1 cm³/mol. The maximum absolute atomic E-state index is 4.35. The molecule has 0 aliphatic heterocycles. The van der Waals surface area contributed by atoms with Crippen molar-refractivity contribution < 1.29 is 0 Å². The van der Waals surface area contributed by atoms with Crippen molar-refractivity contribution >= 4 is 15.9 Å². The van der Waals surface area contributed by atoms with Crippen LogP contribution in [0, 0.1) is 0 Å². The van der Waals surface area contributed by atoms with E-state index in [-0.39, 0.29) is 5.54 Å². The molecule has 18 heavy (non-hydrogen) atoms. The number of hydrogen-bond acceptors (Lipinski definition) is 2. The Hall–Kier alpha value is -1.19. The normalized spacial score (nSPS) is 16.5. The molecular formula is C15H15BrN2. The monoisotopic (exact) mass is 302 g/mol. The second kappa shape index (κ2) is 4.82. The molecule has 2 nitrogen and oxygen atoms in total. The molecule has 1 N–H and O–H groups in total. The van der Waals surface area contributed by atoms with Crippen LogP contribution in [0.4, 0.5) is 0 Å². The van der Waals surface area contributed by atoms with Gasteiger partial charge in [0, 0.05) is 22.8 Å². The molecule has 2 aromatic rings. The molecule has 1 fully saturated rings. The van der Waals surface area contributed by atoms with E-state index < -0.39 is 0 Å². The molecule has 0 unspecified atom stereocenters. The quantitative estimate of drug-likeness (QED) is 0.933. The molecule has 0 saturated heterocycles. The second-order valence-electron chi connectivity index (χ2n) is 4.76. The summed E-state index contributed by atoms with van der Waals surface area (Å²) in [5.74, 6) is 0. The van der Waals surface area contributed by atoms with Crippen molar-refractivity contribution in [2.45, 2.75) is 24.9 Å². The standard InChI is InChI=1S/C15H15BrN2/c16-13-6-4-12(5-7-13)15(8-9-15)18-11-14-3-1-2-10-17-14/h1-7,10,18H,8-9,11H2. The predicted octanol–water partition coefficient (Wildman–Crippen LogP) is 3.62. The topological polar surface area (TPSA) is 24.9 Å². The Morgan fingerprint density at radius 3 is 2.50 bits per heavy atom. The summed E-state index contributed by atoms with van der Waals surface area (Å²) in [4.78, 5) is 4.35. The van der Waals surface area contributed by atoms with Gasteiger partial charge in [-0.3, -0.25) is 4.98 Å². The van der Waals surface area contributed by atoms with Gasteiger partial charge in [-0.1, -0.05) is 34.1 Å². The van der Waals surface area contributed by atoms with Gasteiger partial charge in [0.1, 0.15) is 0 Å². The SMILES string of the molecule is Brc1ccc(C2(NCc3ccccn3)CC2)cc1. The Kier molecular flexibility index (Phi) is 3.18. The molecule has 1 aromatic heterocycles. The first kappa shape index (κ1) is 11.9. The fourth-order valence-corrected chi connectivity index (χ4v) is 2.49. The molecule has 0 amide bonds. The lowest BCUT2D eigenvalue weighted by Gasteiger charge is -2.17. The van der Waals surface area contributed by atoms with E-state index in [0.29, 0.717) is 0 Å². The van der Waals surface area contributed by atoms with E-state index >= 15 is 0 Å². The van der Waals surface area contributed by atoms with Gasteiger partial charge in [0.15, 0.2) is 0 Å². The number of pyridine rings is 1. The lowest BCUT2D eigenvalue weighted by molar-refractivity contribution is 0.513. The third kappa shape index (κ3) is 2.47. The average molecular weight is 303 g/mol. The van der Waals surface area contributed by atoms with Crippen molar-refractivity contribution in [2.24, 2.45) is 0 Å². The van der Waals surface area contributed by atoms with Gasteiger partial charge in [0.05, 0.1) is 5.69 Å². The Labute approximate surface area is 116 Å². The summed E-state index contributed by atoms with van der Waals surface area (Å²) in [5, 5.41) is 3.64. The lowest BCUT2D eigenvalue weighted by Crippen LogP contribution is -2.28. The second-order valence-corrected chi connectivity index (χ2v) is 5.68. The highest BCUT2D eigenvalue weighted by atomic mass is 79.9. The highest BCUT2D eigenvalue weighted by Crippen LogP contribution is 2.45. The van der Waals surface area contributed by atoms with Crippen molar-refractivity contribution in [1.29, 1.82) is 0 Å². The van der Waals surface area contributed by atoms with E-state index in [1.807, 2.05) is 18.3 Å². The molecule has 1 aromatic carbocycles. The first-order valence-electron chi connectivity index (χ1n) is 6.20. The van der Waals surface area contributed by atoms with Crippen LogP contribution in [0.1, 0.15) is 24.1 Å². The summed E-state index contributed by atoms with van der Waals surface area (Å²) < 4.78 is 1.13. The van der Waals surface area contributed by atoms with Crippen LogP contribution < -0.4 is 5.32 Å². The average Bonchev–Trinajstić information content (AvgIpc) is 3.20. The molecule has 1 heterocycles. The minimum atomic E-state index is 0.179. The Morgan fingerprint density at radius 2 is 1.89 bits per heavy atom. The largest absolute Gasteiger partial charge is 0.302 e. The zero-order chi connectivity index (χ0) is 12.4. The Bertz CT molecular complexity index is 518. The highest BCUT2D eigenvalue weighted by Gasteiger charge is 2.43. The summed E-state index contributed by atoms with van der Waals surface area (Å²) >= 11 is 3.48. The third-order valence-corrected chi connectivity index (χ3v) is 4.01. The summed E-state index contributed by atoms with van der Waals surface area (Å²) in [6.07, 6.45) is 4.26. The summed E-state index contributed by atoms with van der Waals surface area (Å²) in [7, 11) is 0. The van der Waals surface area contributed by atoms with E-state index in [1.165, 1.54) is 18.4 Å².